The second kappa shape index (κ2) is 5.46. The molecule has 0 aliphatic rings. The van der Waals surface area contributed by atoms with Gasteiger partial charge in [0.15, 0.2) is 0 Å². The zero-order valence-corrected chi connectivity index (χ0v) is 11.1. The lowest BCUT2D eigenvalue weighted by Crippen LogP contribution is -2.01. The molecule has 0 aliphatic heterocycles. The van der Waals surface area contributed by atoms with Crippen LogP contribution in [0.15, 0.2) is 42.5 Å². The molecule has 0 amide bonds. The van der Waals surface area contributed by atoms with Gasteiger partial charge < -0.3 is 5.11 Å². The minimum absolute atomic E-state index is 0.294. The van der Waals surface area contributed by atoms with Crippen LogP contribution in [-0.4, -0.2) is 11.1 Å². The van der Waals surface area contributed by atoms with Gasteiger partial charge in [-0.1, -0.05) is 29.8 Å². The van der Waals surface area contributed by atoms with E-state index >= 15 is 0 Å². The highest BCUT2D eigenvalue weighted by Gasteiger charge is 2.10. The summed E-state index contributed by atoms with van der Waals surface area (Å²) in [7, 11) is 0. The highest BCUT2D eigenvalue weighted by molar-refractivity contribution is 7.79. The van der Waals surface area contributed by atoms with Crippen LogP contribution in [0.1, 0.15) is 15.9 Å². The summed E-state index contributed by atoms with van der Waals surface area (Å²) in [6, 6.07) is 12.7. The van der Waals surface area contributed by atoms with Crippen LogP contribution in [0.3, 0.4) is 0 Å². The Labute approximate surface area is 116 Å². The number of hydrogen-bond donors (Lipinski definition) is 2. The summed E-state index contributed by atoms with van der Waals surface area (Å²) in [6.07, 6.45) is 0. The first-order valence-electron chi connectivity index (χ1n) is 5.35. The number of carbonyl (C=O) groups is 1. The minimum Gasteiger partial charge on any atom is -0.478 e. The van der Waals surface area contributed by atoms with E-state index < -0.39 is 5.97 Å². The molecule has 1 N–H and O–H groups in total. The molecule has 0 heterocycles. The van der Waals surface area contributed by atoms with Gasteiger partial charge >= 0.3 is 5.97 Å². The van der Waals surface area contributed by atoms with Crippen LogP contribution in [0.4, 0.5) is 0 Å². The van der Waals surface area contributed by atoms with E-state index in [1.54, 1.807) is 12.1 Å². The average Bonchev–Trinajstić information content (AvgIpc) is 2.38. The Morgan fingerprint density at radius 2 is 1.72 bits per heavy atom. The lowest BCUT2D eigenvalue weighted by Gasteiger charge is -2.07. The van der Waals surface area contributed by atoms with Gasteiger partial charge in [0, 0.05) is 10.8 Å². The average molecular weight is 279 g/mol. The minimum atomic E-state index is -0.929. The Morgan fingerprint density at radius 1 is 1.11 bits per heavy atom. The Kier molecular flexibility index (Phi) is 3.94. The zero-order chi connectivity index (χ0) is 13.1. The molecule has 0 radical (unpaired) electrons. The van der Waals surface area contributed by atoms with E-state index in [-0.39, 0.29) is 0 Å². The molecule has 18 heavy (non-hydrogen) atoms. The van der Waals surface area contributed by atoms with E-state index in [0.29, 0.717) is 21.9 Å². The van der Waals surface area contributed by atoms with Crippen LogP contribution in [0, 0.1) is 0 Å². The first kappa shape index (κ1) is 13.0. The van der Waals surface area contributed by atoms with E-state index in [0.717, 1.165) is 11.1 Å². The van der Waals surface area contributed by atoms with E-state index in [2.05, 4.69) is 12.6 Å². The van der Waals surface area contributed by atoms with Crippen molar-refractivity contribution in [1.29, 1.82) is 0 Å². The Hall–Kier alpha value is -1.45. The number of benzene rings is 2. The van der Waals surface area contributed by atoms with Crippen LogP contribution >= 0.6 is 24.2 Å². The number of aromatic carboxylic acids is 1. The summed E-state index contributed by atoms with van der Waals surface area (Å²) < 4.78 is 0. The lowest BCUT2D eigenvalue weighted by atomic mass is 10.00. The van der Waals surface area contributed by atoms with Gasteiger partial charge in [-0.3, -0.25) is 0 Å². The number of rotatable bonds is 3. The summed E-state index contributed by atoms with van der Waals surface area (Å²) in [5, 5.41) is 9.72. The Balaban J connectivity index is 2.47. The van der Waals surface area contributed by atoms with Gasteiger partial charge in [0.05, 0.1) is 5.56 Å². The van der Waals surface area contributed by atoms with Crippen molar-refractivity contribution >= 4 is 30.2 Å². The molecule has 0 atom stereocenters. The Bertz CT molecular complexity index is 579. The molecule has 0 bridgehead atoms. The summed E-state index contributed by atoms with van der Waals surface area (Å²) in [5.74, 6) is -0.537. The third kappa shape index (κ3) is 2.68. The van der Waals surface area contributed by atoms with Crippen LogP contribution in [0.2, 0.25) is 5.02 Å². The molecule has 4 heteroatoms. The summed E-state index contributed by atoms with van der Waals surface area (Å²) in [4.78, 5) is 11.0. The molecule has 0 fully saturated rings. The molecule has 2 aromatic carbocycles. The second-order valence-electron chi connectivity index (χ2n) is 3.84. The Morgan fingerprint density at radius 3 is 2.28 bits per heavy atom. The molecular formula is C14H11ClO2S. The molecule has 0 saturated heterocycles. The third-order valence-electron chi connectivity index (χ3n) is 2.68. The van der Waals surface area contributed by atoms with E-state index in [4.69, 9.17) is 16.7 Å². The van der Waals surface area contributed by atoms with Crippen LogP contribution in [-0.2, 0) is 5.75 Å². The monoisotopic (exact) mass is 278 g/mol. The van der Waals surface area contributed by atoms with Crippen molar-refractivity contribution in [3.05, 3.63) is 58.6 Å². The smallest absolute Gasteiger partial charge is 0.335 e. The van der Waals surface area contributed by atoms with Gasteiger partial charge in [0.25, 0.3) is 0 Å². The van der Waals surface area contributed by atoms with Crippen LogP contribution < -0.4 is 0 Å². The quantitative estimate of drug-likeness (QED) is 0.828. The zero-order valence-electron chi connectivity index (χ0n) is 9.43. The largest absolute Gasteiger partial charge is 0.478 e. The van der Waals surface area contributed by atoms with Crippen molar-refractivity contribution in [2.45, 2.75) is 5.75 Å². The van der Waals surface area contributed by atoms with Gasteiger partial charge in [-0.25, -0.2) is 4.79 Å². The molecule has 92 valence electrons. The van der Waals surface area contributed by atoms with Crippen molar-refractivity contribution < 1.29 is 9.90 Å². The van der Waals surface area contributed by atoms with Crippen molar-refractivity contribution in [3.8, 4) is 11.1 Å². The van der Waals surface area contributed by atoms with Gasteiger partial charge in [-0.2, -0.15) is 12.6 Å². The van der Waals surface area contributed by atoms with Crippen LogP contribution in [0.5, 0.6) is 0 Å². The lowest BCUT2D eigenvalue weighted by molar-refractivity contribution is 0.0696. The maximum Gasteiger partial charge on any atom is 0.335 e. The van der Waals surface area contributed by atoms with Gasteiger partial charge in [-0.05, 0) is 41.0 Å². The molecular weight excluding hydrogens is 268 g/mol. The fourth-order valence-electron chi connectivity index (χ4n) is 1.76. The molecule has 2 nitrogen and oxygen atoms in total. The standard InChI is InChI=1S/C14H11ClO2S/c15-12-4-1-9(2-5-12)10-3-6-13(14(16)17)11(7-10)8-18/h1-7,18H,8H2,(H,16,17). The fraction of sp³-hybridized carbons (Fsp3) is 0.0714. The highest BCUT2D eigenvalue weighted by atomic mass is 35.5. The second-order valence-corrected chi connectivity index (χ2v) is 4.59. The van der Waals surface area contributed by atoms with E-state index in [9.17, 15) is 4.79 Å². The SMILES string of the molecule is O=C(O)c1ccc(-c2ccc(Cl)cc2)cc1CS. The maximum absolute atomic E-state index is 11.0. The molecule has 0 saturated carbocycles. The molecule has 0 unspecified atom stereocenters. The van der Waals surface area contributed by atoms with E-state index in [1.807, 2.05) is 30.3 Å². The summed E-state index contributed by atoms with van der Waals surface area (Å²) in [5.41, 5.74) is 2.96. The third-order valence-corrected chi connectivity index (χ3v) is 3.28. The number of thiol groups is 1. The molecule has 2 aromatic rings. The van der Waals surface area contributed by atoms with E-state index in [1.165, 1.54) is 0 Å². The van der Waals surface area contributed by atoms with Crippen molar-refractivity contribution in [3.63, 3.8) is 0 Å². The molecule has 0 spiro atoms. The number of halogens is 1. The first-order valence-corrected chi connectivity index (χ1v) is 6.36. The predicted molar refractivity (Wildman–Crippen MR) is 76.5 cm³/mol. The molecule has 0 aromatic heterocycles. The van der Waals surface area contributed by atoms with Crippen molar-refractivity contribution in [2.24, 2.45) is 0 Å². The highest BCUT2D eigenvalue weighted by Crippen LogP contribution is 2.25. The van der Waals surface area contributed by atoms with Gasteiger partial charge in [0.1, 0.15) is 0 Å². The fourth-order valence-corrected chi connectivity index (χ4v) is 2.14. The first-order chi connectivity index (χ1) is 8.61. The summed E-state index contributed by atoms with van der Waals surface area (Å²) in [6.45, 7) is 0. The normalized spacial score (nSPS) is 10.3. The van der Waals surface area contributed by atoms with Crippen molar-refractivity contribution in [1.82, 2.24) is 0 Å². The number of carboxylic acids is 1. The van der Waals surface area contributed by atoms with Gasteiger partial charge in [0.2, 0.25) is 0 Å². The van der Waals surface area contributed by atoms with Gasteiger partial charge in [-0.15, -0.1) is 0 Å². The topological polar surface area (TPSA) is 37.3 Å². The molecule has 2 rings (SSSR count). The number of carboxylic acid groups (broad SMARTS) is 1. The predicted octanol–water partition coefficient (Wildman–Crippen LogP) is 4.14. The van der Waals surface area contributed by atoms with Crippen LogP contribution in [0.25, 0.3) is 11.1 Å². The van der Waals surface area contributed by atoms with Crippen molar-refractivity contribution in [2.75, 3.05) is 0 Å². The summed E-state index contributed by atoms with van der Waals surface area (Å²) >= 11 is 10.0. The number of hydrogen-bond acceptors (Lipinski definition) is 2. The molecule has 0 aliphatic carbocycles. The maximum atomic E-state index is 11.0.